The highest BCUT2D eigenvalue weighted by Gasteiger charge is 2.41. The number of thiazole rings is 1. The molecule has 3 rings (SSSR count). The van der Waals surface area contributed by atoms with Gasteiger partial charge in [-0.15, -0.1) is 0 Å². The van der Waals surface area contributed by atoms with Crippen molar-refractivity contribution in [2.45, 2.75) is 13.8 Å². The van der Waals surface area contributed by atoms with Gasteiger partial charge in [-0.2, -0.15) is 0 Å². The standard InChI is InChI=1S/C13H13BrN2O2S/c1-7-3-8(14)4-9-10(7)15-12(19-9)16-11(17)13(2)5-18-6-13/h3-4H,5-6H2,1-2H3,(H,15,16,17). The van der Waals surface area contributed by atoms with Crippen molar-refractivity contribution in [1.29, 1.82) is 0 Å². The van der Waals surface area contributed by atoms with Gasteiger partial charge in [0, 0.05) is 4.47 Å². The molecule has 1 amide bonds. The average Bonchev–Trinajstić information content (AvgIpc) is 2.68. The van der Waals surface area contributed by atoms with Gasteiger partial charge < -0.3 is 10.1 Å². The number of carbonyl (C=O) groups excluding carboxylic acids is 1. The first-order valence-corrected chi connectivity index (χ1v) is 7.55. The second-order valence-electron chi connectivity index (χ2n) is 5.10. The lowest BCUT2D eigenvalue weighted by molar-refractivity contribution is -0.151. The van der Waals surface area contributed by atoms with Gasteiger partial charge in [-0.25, -0.2) is 4.98 Å². The third-order valence-electron chi connectivity index (χ3n) is 3.26. The van der Waals surface area contributed by atoms with Gasteiger partial charge >= 0.3 is 0 Å². The zero-order chi connectivity index (χ0) is 13.6. The fraction of sp³-hybridized carbons (Fsp3) is 0.385. The van der Waals surface area contributed by atoms with Gasteiger partial charge in [-0.05, 0) is 31.5 Å². The van der Waals surface area contributed by atoms with Gasteiger partial charge in [0.2, 0.25) is 5.91 Å². The van der Waals surface area contributed by atoms with Gasteiger partial charge in [-0.1, -0.05) is 27.3 Å². The fourth-order valence-electron chi connectivity index (χ4n) is 2.00. The Hall–Kier alpha value is -0.980. The van der Waals surface area contributed by atoms with Crippen LogP contribution in [0.15, 0.2) is 16.6 Å². The molecule has 1 aliphatic heterocycles. The van der Waals surface area contributed by atoms with Crippen molar-refractivity contribution >= 4 is 48.5 Å². The SMILES string of the molecule is Cc1cc(Br)cc2sc(NC(=O)C3(C)COC3)nc12. The van der Waals surface area contributed by atoms with Gasteiger partial charge in [0.15, 0.2) is 5.13 Å². The van der Waals surface area contributed by atoms with Crippen LogP contribution in [0.3, 0.4) is 0 Å². The monoisotopic (exact) mass is 340 g/mol. The summed E-state index contributed by atoms with van der Waals surface area (Å²) in [4.78, 5) is 16.6. The summed E-state index contributed by atoms with van der Waals surface area (Å²) < 4.78 is 7.20. The Morgan fingerprint density at radius 3 is 2.89 bits per heavy atom. The molecule has 0 atom stereocenters. The van der Waals surface area contributed by atoms with E-state index < -0.39 is 5.41 Å². The van der Waals surface area contributed by atoms with E-state index in [0.29, 0.717) is 18.3 Å². The molecule has 1 aliphatic rings. The third-order valence-corrected chi connectivity index (χ3v) is 4.64. The lowest BCUT2D eigenvalue weighted by Crippen LogP contribution is -2.49. The largest absolute Gasteiger partial charge is 0.379 e. The van der Waals surface area contributed by atoms with E-state index in [0.717, 1.165) is 20.3 Å². The number of aromatic nitrogens is 1. The fourth-order valence-corrected chi connectivity index (χ4v) is 3.70. The van der Waals surface area contributed by atoms with Gasteiger partial charge in [-0.3, -0.25) is 4.79 Å². The normalized spacial score (nSPS) is 17.2. The van der Waals surface area contributed by atoms with E-state index in [1.807, 2.05) is 26.0 Å². The zero-order valence-corrected chi connectivity index (χ0v) is 13.0. The molecule has 0 saturated carbocycles. The molecule has 6 heteroatoms. The minimum Gasteiger partial charge on any atom is -0.379 e. The molecule has 0 radical (unpaired) electrons. The summed E-state index contributed by atoms with van der Waals surface area (Å²) in [5, 5.41) is 3.54. The maximum atomic E-state index is 12.1. The highest BCUT2D eigenvalue weighted by Crippen LogP contribution is 2.33. The van der Waals surface area contributed by atoms with Crippen molar-refractivity contribution < 1.29 is 9.53 Å². The van der Waals surface area contributed by atoms with Crippen LogP contribution in [0.2, 0.25) is 0 Å². The second-order valence-corrected chi connectivity index (χ2v) is 7.04. The molecule has 1 aromatic heterocycles. The number of benzene rings is 1. The summed E-state index contributed by atoms with van der Waals surface area (Å²) in [5.74, 6) is -0.0190. The number of ether oxygens (including phenoxy) is 1. The van der Waals surface area contributed by atoms with Crippen LogP contribution in [0.4, 0.5) is 5.13 Å². The van der Waals surface area contributed by atoms with E-state index in [1.165, 1.54) is 11.3 Å². The van der Waals surface area contributed by atoms with Gasteiger partial charge in [0.25, 0.3) is 0 Å². The van der Waals surface area contributed by atoms with E-state index in [9.17, 15) is 4.79 Å². The van der Waals surface area contributed by atoms with Crippen LogP contribution < -0.4 is 5.32 Å². The number of nitrogens with zero attached hydrogens (tertiary/aromatic N) is 1. The predicted molar refractivity (Wildman–Crippen MR) is 79.6 cm³/mol. The van der Waals surface area contributed by atoms with Crippen LogP contribution in [-0.2, 0) is 9.53 Å². The Morgan fingerprint density at radius 1 is 1.53 bits per heavy atom. The average molecular weight is 341 g/mol. The van der Waals surface area contributed by atoms with Crippen molar-refractivity contribution in [3.8, 4) is 0 Å². The van der Waals surface area contributed by atoms with Gasteiger partial charge in [0.1, 0.15) is 0 Å². The number of hydrogen-bond donors (Lipinski definition) is 1. The summed E-state index contributed by atoms with van der Waals surface area (Å²) in [6.45, 7) is 4.88. The number of carbonyl (C=O) groups is 1. The number of halogens is 1. The van der Waals surface area contributed by atoms with E-state index in [2.05, 4.69) is 26.2 Å². The molecule has 4 nitrogen and oxygen atoms in total. The van der Waals surface area contributed by atoms with Crippen molar-refractivity contribution in [2.75, 3.05) is 18.5 Å². The van der Waals surface area contributed by atoms with Crippen LogP contribution in [-0.4, -0.2) is 24.1 Å². The lowest BCUT2D eigenvalue weighted by atomic mass is 9.88. The van der Waals surface area contributed by atoms with Crippen LogP contribution in [0, 0.1) is 12.3 Å². The highest BCUT2D eigenvalue weighted by atomic mass is 79.9. The molecule has 2 heterocycles. The van der Waals surface area contributed by atoms with Crippen molar-refractivity contribution in [3.05, 3.63) is 22.2 Å². The Kier molecular flexibility index (Phi) is 3.11. The Labute approximate surface area is 123 Å². The first-order valence-electron chi connectivity index (χ1n) is 5.94. The maximum Gasteiger partial charge on any atom is 0.236 e. The van der Waals surface area contributed by atoms with Crippen molar-refractivity contribution in [1.82, 2.24) is 4.98 Å². The number of fused-ring (bicyclic) bond motifs is 1. The van der Waals surface area contributed by atoms with E-state index in [-0.39, 0.29) is 5.91 Å². The number of rotatable bonds is 2. The summed E-state index contributed by atoms with van der Waals surface area (Å²) in [6.07, 6.45) is 0. The maximum absolute atomic E-state index is 12.1. The molecular weight excluding hydrogens is 328 g/mol. The Balaban J connectivity index is 1.90. The molecular formula is C13H13BrN2O2S. The number of anilines is 1. The molecule has 19 heavy (non-hydrogen) atoms. The molecule has 2 aromatic rings. The second kappa shape index (κ2) is 4.54. The number of aryl methyl sites for hydroxylation is 1. The third kappa shape index (κ3) is 2.28. The number of nitrogens with one attached hydrogen (secondary N) is 1. The Bertz CT molecular complexity index is 664. The Morgan fingerprint density at radius 2 is 2.26 bits per heavy atom. The van der Waals surface area contributed by atoms with Gasteiger partial charge in [0.05, 0.1) is 28.8 Å². The summed E-state index contributed by atoms with van der Waals surface area (Å²) in [6, 6.07) is 4.04. The molecule has 1 N–H and O–H groups in total. The lowest BCUT2D eigenvalue weighted by Gasteiger charge is -2.35. The quantitative estimate of drug-likeness (QED) is 0.911. The first kappa shape index (κ1) is 13.0. The molecule has 0 aliphatic carbocycles. The first-order chi connectivity index (χ1) is 8.98. The molecule has 1 fully saturated rings. The van der Waals surface area contributed by atoms with Crippen molar-refractivity contribution in [3.63, 3.8) is 0 Å². The van der Waals surface area contributed by atoms with Crippen LogP contribution >= 0.6 is 27.3 Å². The molecule has 0 bridgehead atoms. The van der Waals surface area contributed by atoms with Crippen LogP contribution in [0.5, 0.6) is 0 Å². The summed E-state index contributed by atoms with van der Waals surface area (Å²) in [7, 11) is 0. The predicted octanol–water partition coefficient (Wildman–Crippen LogP) is 3.34. The molecule has 1 saturated heterocycles. The smallest absolute Gasteiger partial charge is 0.236 e. The van der Waals surface area contributed by atoms with E-state index in [4.69, 9.17) is 4.74 Å². The molecule has 1 aromatic carbocycles. The van der Waals surface area contributed by atoms with E-state index in [1.54, 1.807) is 0 Å². The summed E-state index contributed by atoms with van der Waals surface area (Å²) >= 11 is 4.96. The summed E-state index contributed by atoms with van der Waals surface area (Å²) in [5.41, 5.74) is 1.63. The van der Waals surface area contributed by atoms with Crippen molar-refractivity contribution in [2.24, 2.45) is 5.41 Å². The molecule has 0 spiro atoms. The topological polar surface area (TPSA) is 51.2 Å². The molecule has 100 valence electrons. The van der Waals surface area contributed by atoms with Crippen LogP contribution in [0.1, 0.15) is 12.5 Å². The highest BCUT2D eigenvalue weighted by molar-refractivity contribution is 9.10. The molecule has 0 unspecified atom stereocenters. The minimum absolute atomic E-state index is 0.0190. The number of hydrogen-bond acceptors (Lipinski definition) is 4. The zero-order valence-electron chi connectivity index (χ0n) is 10.6. The van der Waals surface area contributed by atoms with Crippen LogP contribution in [0.25, 0.3) is 10.2 Å². The minimum atomic E-state index is -0.409. The number of amides is 1. The van der Waals surface area contributed by atoms with E-state index >= 15 is 0 Å².